The van der Waals surface area contributed by atoms with Gasteiger partial charge in [0.1, 0.15) is 0 Å². The lowest BCUT2D eigenvalue weighted by atomic mass is 9.91. The molecular weight excluding hydrogens is 290 g/mol. The van der Waals surface area contributed by atoms with Crippen LogP contribution in [0.4, 0.5) is 0 Å². The van der Waals surface area contributed by atoms with E-state index in [4.69, 9.17) is 11.8 Å². The summed E-state index contributed by atoms with van der Waals surface area (Å²) in [5, 5.41) is 0. The normalized spacial score (nSPS) is 16.2. The van der Waals surface area contributed by atoms with Crippen LogP contribution in [0, 0.1) is 5.92 Å². The third-order valence-corrected chi connectivity index (χ3v) is 5.23. The minimum atomic E-state index is 0.151. The highest BCUT2D eigenvalue weighted by Crippen LogP contribution is 2.30. The van der Waals surface area contributed by atoms with Crippen LogP contribution in [0.25, 0.3) is 0 Å². The summed E-state index contributed by atoms with van der Waals surface area (Å²) in [7, 11) is 0. The van der Waals surface area contributed by atoms with Crippen LogP contribution in [-0.4, -0.2) is 18.1 Å². The average molecular weight is 312 g/mol. The van der Waals surface area contributed by atoms with Crippen LogP contribution in [0.5, 0.6) is 0 Å². The van der Waals surface area contributed by atoms with Gasteiger partial charge < -0.3 is 0 Å². The van der Waals surface area contributed by atoms with Gasteiger partial charge in [-0.3, -0.25) is 4.79 Å². The van der Waals surface area contributed by atoms with Gasteiger partial charge in [-0.05, 0) is 42.7 Å². The molecule has 4 heteroatoms. The number of Topliss-reactive ketones (excluding diaryl/α,β-unsaturated/α-hetero) is 1. The third kappa shape index (κ3) is 5.12. The van der Waals surface area contributed by atoms with Gasteiger partial charge in [0.2, 0.25) is 0 Å². The minimum Gasteiger partial charge on any atom is -0.294 e. The van der Waals surface area contributed by atoms with Gasteiger partial charge in [-0.15, -0.1) is 11.8 Å². The van der Waals surface area contributed by atoms with Gasteiger partial charge in [0.05, 0.1) is 0 Å². The molecule has 0 aliphatic heterocycles. The number of rotatable bonds is 7. The fourth-order valence-electron chi connectivity index (χ4n) is 2.63. The number of halogens is 1. The lowest BCUT2D eigenvalue weighted by Crippen LogP contribution is -2.09. The number of hydrogen-bond acceptors (Lipinski definition) is 3. The van der Waals surface area contributed by atoms with E-state index in [2.05, 4.69) is 10.9 Å². The molecule has 0 heterocycles. The first-order valence-corrected chi connectivity index (χ1v) is 8.75. The molecule has 2 rings (SSSR count). The van der Waals surface area contributed by atoms with E-state index in [9.17, 15) is 4.79 Å². The van der Waals surface area contributed by atoms with Gasteiger partial charge >= 0.3 is 0 Å². The molecule has 0 saturated heterocycles. The first kappa shape index (κ1) is 15.9. The van der Waals surface area contributed by atoms with Crippen LogP contribution in [0.2, 0.25) is 0 Å². The van der Waals surface area contributed by atoms with Crippen molar-refractivity contribution in [2.75, 3.05) is 12.3 Å². The molecule has 1 aliphatic rings. The molecule has 0 spiro atoms. The molecule has 0 amide bonds. The minimum absolute atomic E-state index is 0.151. The van der Waals surface area contributed by atoms with Crippen LogP contribution in [0.15, 0.2) is 29.2 Å². The summed E-state index contributed by atoms with van der Waals surface area (Å²) in [6.07, 6.45) is 7.35. The first-order chi connectivity index (χ1) is 9.79. The zero-order chi connectivity index (χ0) is 14.2. The van der Waals surface area contributed by atoms with Gasteiger partial charge in [0, 0.05) is 29.2 Å². The molecule has 0 bridgehead atoms. The number of ketones is 1. The summed E-state index contributed by atoms with van der Waals surface area (Å²) in [6, 6.07) is 7.99. The molecule has 2 nitrogen and oxygen atoms in total. The van der Waals surface area contributed by atoms with Crippen LogP contribution in [0.3, 0.4) is 0 Å². The summed E-state index contributed by atoms with van der Waals surface area (Å²) in [6.45, 7) is 0.514. The zero-order valence-electron chi connectivity index (χ0n) is 11.7. The molecule has 1 saturated carbocycles. The van der Waals surface area contributed by atoms with Crippen LogP contribution >= 0.6 is 23.5 Å². The van der Waals surface area contributed by atoms with Gasteiger partial charge in [-0.25, -0.2) is 4.84 Å². The zero-order valence-corrected chi connectivity index (χ0v) is 13.3. The van der Waals surface area contributed by atoms with E-state index in [0.717, 1.165) is 11.5 Å². The quantitative estimate of drug-likeness (QED) is 0.450. The molecule has 20 heavy (non-hydrogen) atoms. The van der Waals surface area contributed by atoms with E-state index in [1.54, 1.807) is 0 Å². The lowest BCUT2D eigenvalue weighted by Gasteiger charge is -2.20. The molecule has 110 valence electrons. The van der Waals surface area contributed by atoms with Gasteiger partial charge in [0.25, 0.3) is 0 Å². The number of carbonyl (C=O) groups excluding carboxylic acids is 1. The molecule has 0 atom stereocenters. The Morgan fingerprint density at radius 3 is 2.85 bits per heavy atom. The molecule has 0 unspecified atom stereocenters. The molecule has 1 aromatic carbocycles. The number of hydrogen-bond donors (Lipinski definition) is 1. The molecule has 0 aromatic heterocycles. The van der Waals surface area contributed by atoms with Crippen molar-refractivity contribution in [3.8, 4) is 0 Å². The SMILES string of the molecule is O=C(CCNCl)c1cccc(SCC2CCCCC2)c1. The maximum absolute atomic E-state index is 12.0. The van der Waals surface area contributed by atoms with Crippen molar-refractivity contribution in [1.29, 1.82) is 0 Å². The number of thioether (sulfide) groups is 1. The Bertz CT molecular complexity index is 432. The summed E-state index contributed by atoms with van der Waals surface area (Å²) in [5.74, 6) is 2.19. The van der Waals surface area contributed by atoms with Crippen LogP contribution in [0.1, 0.15) is 48.9 Å². The third-order valence-electron chi connectivity index (χ3n) is 3.81. The first-order valence-electron chi connectivity index (χ1n) is 7.39. The molecule has 1 fully saturated rings. The molecule has 1 aromatic rings. The standard InChI is InChI=1S/C16H22ClNOS/c17-18-10-9-16(19)14-7-4-8-15(11-14)20-12-13-5-2-1-3-6-13/h4,7-8,11,13,18H,1-3,5-6,9-10,12H2. The largest absolute Gasteiger partial charge is 0.294 e. The fourth-order valence-corrected chi connectivity index (χ4v) is 3.87. The van der Waals surface area contributed by atoms with Gasteiger partial charge in [0.15, 0.2) is 5.78 Å². The highest BCUT2D eigenvalue weighted by atomic mass is 35.5. The number of benzene rings is 1. The van der Waals surface area contributed by atoms with Gasteiger partial charge in [-0.1, -0.05) is 31.4 Å². The van der Waals surface area contributed by atoms with E-state index in [0.29, 0.717) is 13.0 Å². The predicted molar refractivity (Wildman–Crippen MR) is 86.5 cm³/mol. The van der Waals surface area contributed by atoms with E-state index in [1.165, 1.54) is 42.8 Å². The van der Waals surface area contributed by atoms with E-state index < -0.39 is 0 Å². The Morgan fingerprint density at radius 1 is 1.30 bits per heavy atom. The van der Waals surface area contributed by atoms with E-state index in [1.807, 2.05) is 30.0 Å². The predicted octanol–water partition coefficient (Wildman–Crippen LogP) is 4.68. The van der Waals surface area contributed by atoms with Crippen molar-refractivity contribution < 1.29 is 4.79 Å². The second kappa shape index (κ2) is 8.71. The van der Waals surface area contributed by atoms with Crippen molar-refractivity contribution in [2.45, 2.75) is 43.4 Å². The maximum Gasteiger partial charge on any atom is 0.164 e. The monoisotopic (exact) mass is 311 g/mol. The van der Waals surface area contributed by atoms with Crippen molar-refractivity contribution >= 4 is 29.3 Å². The Labute approximate surface area is 130 Å². The lowest BCUT2D eigenvalue weighted by molar-refractivity contribution is 0.0984. The highest BCUT2D eigenvalue weighted by molar-refractivity contribution is 7.99. The summed E-state index contributed by atoms with van der Waals surface area (Å²) < 4.78 is 0. The maximum atomic E-state index is 12.0. The van der Waals surface area contributed by atoms with Crippen molar-refractivity contribution in [3.63, 3.8) is 0 Å². The number of nitrogens with one attached hydrogen (secondary N) is 1. The van der Waals surface area contributed by atoms with Crippen molar-refractivity contribution in [2.24, 2.45) is 5.92 Å². The summed E-state index contributed by atoms with van der Waals surface area (Å²) in [4.78, 5) is 15.7. The number of carbonyl (C=O) groups is 1. The molecular formula is C16H22ClNOS. The van der Waals surface area contributed by atoms with Crippen LogP contribution < -0.4 is 4.84 Å². The Kier molecular flexibility index (Phi) is 6.91. The second-order valence-electron chi connectivity index (χ2n) is 5.40. The second-order valence-corrected chi connectivity index (χ2v) is 6.76. The summed E-state index contributed by atoms with van der Waals surface area (Å²) >= 11 is 7.28. The average Bonchev–Trinajstić information content (AvgIpc) is 2.52. The topological polar surface area (TPSA) is 29.1 Å². The fraction of sp³-hybridized carbons (Fsp3) is 0.562. The van der Waals surface area contributed by atoms with E-state index in [-0.39, 0.29) is 5.78 Å². The molecule has 1 aliphatic carbocycles. The van der Waals surface area contributed by atoms with Gasteiger partial charge in [-0.2, -0.15) is 0 Å². The molecule has 1 N–H and O–H groups in total. The molecule has 0 radical (unpaired) electrons. The summed E-state index contributed by atoms with van der Waals surface area (Å²) in [5.41, 5.74) is 0.797. The van der Waals surface area contributed by atoms with Crippen molar-refractivity contribution in [3.05, 3.63) is 29.8 Å². The highest BCUT2D eigenvalue weighted by Gasteiger charge is 2.14. The Balaban J connectivity index is 1.86. The Hall–Kier alpha value is -0.510. The van der Waals surface area contributed by atoms with E-state index >= 15 is 0 Å². The van der Waals surface area contributed by atoms with Crippen LogP contribution in [-0.2, 0) is 0 Å². The van der Waals surface area contributed by atoms with Crippen molar-refractivity contribution in [1.82, 2.24) is 4.84 Å². The smallest absolute Gasteiger partial charge is 0.164 e. The Morgan fingerprint density at radius 2 is 2.10 bits per heavy atom.